The van der Waals surface area contributed by atoms with Crippen molar-refractivity contribution in [1.82, 2.24) is 0 Å². The molecule has 0 heterocycles. The van der Waals surface area contributed by atoms with Gasteiger partial charge >= 0.3 is 0 Å². The summed E-state index contributed by atoms with van der Waals surface area (Å²) in [7, 11) is 4.07. The van der Waals surface area contributed by atoms with E-state index in [0.717, 1.165) is 16.3 Å². The van der Waals surface area contributed by atoms with Crippen molar-refractivity contribution >= 4 is 17.3 Å². The summed E-state index contributed by atoms with van der Waals surface area (Å²) >= 11 is 6.33. The highest BCUT2D eigenvalue weighted by molar-refractivity contribution is 6.34. The molecule has 0 spiro atoms. The number of hydrogen-bond acceptors (Lipinski definition) is 1. The largest absolute Gasteiger partial charge is 0.377 e. The van der Waals surface area contributed by atoms with Gasteiger partial charge in [-0.3, -0.25) is 0 Å². The minimum Gasteiger partial charge on any atom is -0.377 e. The lowest BCUT2D eigenvalue weighted by Gasteiger charge is -2.19. The Morgan fingerprint density at radius 1 is 1.00 bits per heavy atom. The van der Waals surface area contributed by atoms with Gasteiger partial charge in [-0.2, -0.15) is 0 Å². The van der Waals surface area contributed by atoms with Crippen LogP contribution in [0.4, 0.5) is 5.69 Å². The van der Waals surface area contributed by atoms with Crippen molar-refractivity contribution < 1.29 is 0 Å². The minimum atomic E-state index is 0.793. The smallest absolute Gasteiger partial charge is 0.0505 e. The van der Waals surface area contributed by atoms with E-state index in [2.05, 4.69) is 42.2 Å². The van der Waals surface area contributed by atoms with Crippen LogP contribution in [0.3, 0.4) is 0 Å². The molecule has 0 bridgehead atoms. The fourth-order valence-electron chi connectivity index (χ4n) is 1.97. The summed E-state index contributed by atoms with van der Waals surface area (Å²) < 4.78 is 0. The average Bonchev–Trinajstić information content (AvgIpc) is 2.28. The van der Waals surface area contributed by atoms with Crippen molar-refractivity contribution in [2.24, 2.45) is 0 Å². The van der Waals surface area contributed by atoms with E-state index in [1.165, 1.54) is 11.1 Å². The Kier molecular flexibility index (Phi) is 3.39. The normalized spacial score (nSPS) is 10.4. The van der Waals surface area contributed by atoms with Crippen LogP contribution in [0.1, 0.15) is 5.56 Å². The van der Waals surface area contributed by atoms with Crippen LogP contribution in [0.5, 0.6) is 0 Å². The zero-order chi connectivity index (χ0) is 12.4. The maximum Gasteiger partial charge on any atom is 0.0505 e. The lowest BCUT2D eigenvalue weighted by Crippen LogP contribution is -2.10. The van der Waals surface area contributed by atoms with E-state index in [-0.39, 0.29) is 0 Å². The van der Waals surface area contributed by atoms with Crippen molar-refractivity contribution in [3.05, 3.63) is 53.1 Å². The summed E-state index contributed by atoms with van der Waals surface area (Å²) in [6.45, 7) is 2.09. The molecular weight excluding hydrogens is 230 g/mol. The summed E-state index contributed by atoms with van der Waals surface area (Å²) in [5, 5.41) is 0.793. The second-order valence-corrected chi connectivity index (χ2v) is 4.81. The van der Waals surface area contributed by atoms with Gasteiger partial charge in [-0.25, -0.2) is 0 Å². The van der Waals surface area contributed by atoms with Gasteiger partial charge in [-0.1, -0.05) is 47.5 Å². The van der Waals surface area contributed by atoms with E-state index >= 15 is 0 Å². The second-order valence-electron chi connectivity index (χ2n) is 4.40. The predicted octanol–water partition coefficient (Wildman–Crippen LogP) is 4.38. The van der Waals surface area contributed by atoms with E-state index in [4.69, 9.17) is 11.6 Å². The standard InChI is InChI=1S/C15H16ClN/c1-11-6-4-7-12(10-11)15-13(16)8-5-9-14(15)17(2)3/h4-10H,1-3H3. The van der Waals surface area contributed by atoms with E-state index in [0.29, 0.717) is 0 Å². The molecule has 2 aromatic carbocycles. The lowest BCUT2D eigenvalue weighted by molar-refractivity contribution is 1.13. The third-order valence-electron chi connectivity index (χ3n) is 2.78. The first kappa shape index (κ1) is 12.0. The molecule has 2 rings (SSSR count). The summed E-state index contributed by atoms with van der Waals surface area (Å²) in [4.78, 5) is 2.09. The average molecular weight is 246 g/mol. The molecule has 0 unspecified atom stereocenters. The van der Waals surface area contributed by atoms with Crippen LogP contribution in [-0.2, 0) is 0 Å². The minimum absolute atomic E-state index is 0.793. The summed E-state index contributed by atoms with van der Waals surface area (Å²) in [6, 6.07) is 14.4. The predicted molar refractivity (Wildman–Crippen MR) is 76.0 cm³/mol. The molecule has 0 atom stereocenters. The maximum atomic E-state index is 6.33. The van der Waals surface area contributed by atoms with Crippen LogP contribution >= 0.6 is 11.6 Å². The Morgan fingerprint density at radius 3 is 2.35 bits per heavy atom. The third-order valence-corrected chi connectivity index (χ3v) is 3.10. The van der Waals surface area contributed by atoms with Gasteiger partial charge in [0.1, 0.15) is 0 Å². The van der Waals surface area contributed by atoms with E-state index < -0.39 is 0 Å². The van der Waals surface area contributed by atoms with Crippen molar-refractivity contribution in [1.29, 1.82) is 0 Å². The zero-order valence-electron chi connectivity index (χ0n) is 10.4. The maximum absolute atomic E-state index is 6.33. The van der Waals surface area contributed by atoms with Crippen LogP contribution in [0.2, 0.25) is 5.02 Å². The van der Waals surface area contributed by atoms with Crippen molar-refractivity contribution in [2.45, 2.75) is 6.92 Å². The zero-order valence-corrected chi connectivity index (χ0v) is 11.1. The monoisotopic (exact) mass is 245 g/mol. The van der Waals surface area contributed by atoms with Gasteiger partial charge in [0.25, 0.3) is 0 Å². The Morgan fingerprint density at radius 2 is 1.71 bits per heavy atom. The van der Waals surface area contributed by atoms with Gasteiger partial charge in [0.05, 0.1) is 5.02 Å². The van der Waals surface area contributed by atoms with Crippen molar-refractivity contribution in [3.8, 4) is 11.1 Å². The molecule has 0 fully saturated rings. The highest BCUT2D eigenvalue weighted by atomic mass is 35.5. The molecule has 2 aromatic rings. The van der Waals surface area contributed by atoms with Crippen LogP contribution in [0.15, 0.2) is 42.5 Å². The molecule has 0 saturated carbocycles. The molecule has 17 heavy (non-hydrogen) atoms. The van der Waals surface area contributed by atoms with Crippen molar-refractivity contribution in [2.75, 3.05) is 19.0 Å². The van der Waals surface area contributed by atoms with Crippen molar-refractivity contribution in [3.63, 3.8) is 0 Å². The molecule has 1 nitrogen and oxygen atoms in total. The van der Waals surface area contributed by atoms with Gasteiger partial charge in [-0.15, -0.1) is 0 Å². The highest BCUT2D eigenvalue weighted by Crippen LogP contribution is 2.36. The van der Waals surface area contributed by atoms with Crippen LogP contribution in [0, 0.1) is 6.92 Å². The molecule has 0 aromatic heterocycles. The SMILES string of the molecule is Cc1cccc(-c2c(Cl)cccc2N(C)C)c1. The molecule has 88 valence electrons. The van der Waals surface area contributed by atoms with Crippen LogP contribution in [-0.4, -0.2) is 14.1 Å². The van der Waals surface area contributed by atoms with Gasteiger partial charge in [-0.05, 0) is 24.6 Å². The van der Waals surface area contributed by atoms with Crippen LogP contribution in [0.25, 0.3) is 11.1 Å². The molecule has 0 aliphatic rings. The fraction of sp³-hybridized carbons (Fsp3) is 0.200. The Labute approximate surface area is 108 Å². The Bertz CT molecular complexity index is 532. The Balaban J connectivity index is 2.65. The number of hydrogen-bond donors (Lipinski definition) is 0. The number of nitrogens with zero attached hydrogens (tertiary/aromatic N) is 1. The first-order valence-electron chi connectivity index (χ1n) is 5.62. The van der Waals surface area contributed by atoms with Crippen LogP contribution < -0.4 is 4.90 Å². The summed E-state index contributed by atoms with van der Waals surface area (Å²) in [6.07, 6.45) is 0. The molecule has 0 N–H and O–H groups in total. The quantitative estimate of drug-likeness (QED) is 0.759. The molecular formula is C15H16ClN. The molecule has 0 amide bonds. The van der Waals surface area contributed by atoms with Gasteiger partial charge < -0.3 is 4.90 Å². The van der Waals surface area contributed by atoms with E-state index in [1.807, 2.05) is 26.2 Å². The molecule has 0 aliphatic carbocycles. The van der Waals surface area contributed by atoms with Gasteiger partial charge in [0.15, 0.2) is 0 Å². The van der Waals surface area contributed by atoms with E-state index in [1.54, 1.807) is 0 Å². The second kappa shape index (κ2) is 4.80. The topological polar surface area (TPSA) is 3.24 Å². The molecule has 2 heteroatoms. The third kappa shape index (κ3) is 2.45. The van der Waals surface area contributed by atoms with Gasteiger partial charge in [0, 0.05) is 25.3 Å². The Hall–Kier alpha value is -1.47. The first-order valence-corrected chi connectivity index (χ1v) is 6.00. The lowest BCUT2D eigenvalue weighted by atomic mass is 10.0. The van der Waals surface area contributed by atoms with E-state index in [9.17, 15) is 0 Å². The summed E-state index contributed by atoms with van der Waals surface area (Å²) in [5.41, 5.74) is 4.65. The fourth-order valence-corrected chi connectivity index (χ4v) is 2.25. The first-order chi connectivity index (χ1) is 8.09. The number of aryl methyl sites for hydroxylation is 1. The molecule has 0 radical (unpaired) electrons. The molecule has 0 saturated heterocycles. The highest BCUT2D eigenvalue weighted by Gasteiger charge is 2.10. The number of anilines is 1. The molecule has 0 aliphatic heterocycles. The number of benzene rings is 2. The number of halogens is 1. The number of rotatable bonds is 2. The van der Waals surface area contributed by atoms with Gasteiger partial charge in [0.2, 0.25) is 0 Å². The summed E-state index contributed by atoms with van der Waals surface area (Å²) in [5.74, 6) is 0.